The lowest BCUT2D eigenvalue weighted by Crippen LogP contribution is -2.10. The van der Waals surface area contributed by atoms with Crippen LogP contribution in [0.25, 0.3) is 5.69 Å². The van der Waals surface area contributed by atoms with Crippen molar-refractivity contribution in [2.75, 3.05) is 5.73 Å². The maximum absolute atomic E-state index is 13.3. The number of rotatable bonds is 2. The predicted octanol–water partition coefficient (Wildman–Crippen LogP) is 3.79. The minimum atomic E-state index is -0.292. The van der Waals surface area contributed by atoms with Crippen molar-refractivity contribution in [2.24, 2.45) is 5.41 Å². The minimum Gasteiger partial charge on any atom is -0.383 e. The van der Waals surface area contributed by atoms with Gasteiger partial charge in [0.15, 0.2) is 0 Å². The highest BCUT2D eigenvalue weighted by Crippen LogP contribution is 2.28. The van der Waals surface area contributed by atoms with Crippen LogP contribution in [0, 0.1) is 14.8 Å². The number of aromatic nitrogens is 2. The lowest BCUT2D eigenvalue weighted by Gasteiger charge is -2.16. The molecule has 1 heterocycles. The van der Waals surface area contributed by atoms with Crippen molar-refractivity contribution in [2.45, 2.75) is 27.2 Å². The molecule has 0 bridgehead atoms. The molecule has 0 aliphatic heterocycles. The Balaban J connectivity index is 2.46. The molecular formula is C14H17FIN3. The highest BCUT2D eigenvalue weighted by atomic mass is 127. The third-order valence-electron chi connectivity index (χ3n) is 2.68. The van der Waals surface area contributed by atoms with Gasteiger partial charge in [-0.15, -0.1) is 0 Å². The van der Waals surface area contributed by atoms with Gasteiger partial charge >= 0.3 is 0 Å². The van der Waals surface area contributed by atoms with Gasteiger partial charge in [-0.3, -0.25) is 0 Å². The molecule has 0 spiro atoms. The van der Waals surface area contributed by atoms with Crippen LogP contribution in [-0.4, -0.2) is 9.78 Å². The molecule has 0 atom stereocenters. The SMILES string of the molecule is CC(C)(C)Cc1nn(-c2cccc(F)c2)c(N)c1I. The van der Waals surface area contributed by atoms with Crippen molar-refractivity contribution in [3.8, 4) is 5.69 Å². The number of benzene rings is 1. The Morgan fingerprint density at radius 2 is 2.05 bits per heavy atom. The number of hydrogen-bond donors (Lipinski definition) is 1. The average molecular weight is 373 g/mol. The topological polar surface area (TPSA) is 43.8 Å². The Morgan fingerprint density at radius 1 is 1.37 bits per heavy atom. The van der Waals surface area contributed by atoms with E-state index in [9.17, 15) is 4.39 Å². The zero-order valence-corrected chi connectivity index (χ0v) is 13.4. The summed E-state index contributed by atoms with van der Waals surface area (Å²) in [4.78, 5) is 0. The zero-order chi connectivity index (χ0) is 14.2. The van der Waals surface area contributed by atoms with Crippen LogP contribution in [0.5, 0.6) is 0 Å². The summed E-state index contributed by atoms with van der Waals surface area (Å²) in [5.41, 5.74) is 7.81. The monoisotopic (exact) mass is 373 g/mol. The maximum atomic E-state index is 13.3. The summed E-state index contributed by atoms with van der Waals surface area (Å²) in [7, 11) is 0. The summed E-state index contributed by atoms with van der Waals surface area (Å²) < 4.78 is 15.8. The standard InChI is InChI=1S/C14H17FIN3/c1-14(2,3)8-11-12(16)13(17)19(18-11)10-6-4-5-9(15)7-10/h4-7H,8,17H2,1-3H3. The molecule has 0 saturated carbocycles. The fraction of sp³-hybridized carbons (Fsp3) is 0.357. The predicted molar refractivity (Wildman–Crippen MR) is 83.8 cm³/mol. The van der Waals surface area contributed by atoms with E-state index < -0.39 is 0 Å². The van der Waals surface area contributed by atoms with Gasteiger partial charge in [-0.1, -0.05) is 26.8 Å². The Hall–Kier alpha value is -1.11. The first-order chi connectivity index (χ1) is 8.78. The van der Waals surface area contributed by atoms with Crippen molar-refractivity contribution in [3.05, 3.63) is 39.3 Å². The highest BCUT2D eigenvalue weighted by Gasteiger charge is 2.20. The van der Waals surface area contributed by atoms with Gasteiger partial charge in [0.2, 0.25) is 0 Å². The van der Waals surface area contributed by atoms with E-state index in [1.54, 1.807) is 16.8 Å². The number of hydrogen-bond acceptors (Lipinski definition) is 2. The van der Waals surface area contributed by atoms with Crippen LogP contribution in [0.1, 0.15) is 26.5 Å². The van der Waals surface area contributed by atoms with E-state index >= 15 is 0 Å². The van der Waals surface area contributed by atoms with Crippen molar-refractivity contribution in [3.63, 3.8) is 0 Å². The number of anilines is 1. The molecule has 0 aliphatic rings. The summed E-state index contributed by atoms with van der Waals surface area (Å²) in [5.74, 6) is 0.269. The molecule has 3 nitrogen and oxygen atoms in total. The van der Waals surface area contributed by atoms with Gasteiger partial charge < -0.3 is 5.73 Å². The summed E-state index contributed by atoms with van der Waals surface area (Å²) in [5, 5.41) is 4.52. The van der Waals surface area contributed by atoms with Gasteiger partial charge in [0.25, 0.3) is 0 Å². The lowest BCUT2D eigenvalue weighted by atomic mass is 9.91. The van der Waals surface area contributed by atoms with Crippen molar-refractivity contribution in [1.29, 1.82) is 0 Å². The molecule has 5 heteroatoms. The summed E-state index contributed by atoms with van der Waals surface area (Å²) in [6, 6.07) is 6.29. The second-order valence-electron chi connectivity index (χ2n) is 5.78. The molecule has 0 saturated heterocycles. The largest absolute Gasteiger partial charge is 0.383 e. The Labute approximate surface area is 126 Å². The van der Waals surface area contributed by atoms with Gasteiger partial charge in [-0.2, -0.15) is 5.10 Å². The van der Waals surface area contributed by atoms with E-state index in [-0.39, 0.29) is 11.2 Å². The second kappa shape index (κ2) is 5.11. The second-order valence-corrected chi connectivity index (χ2v) is 6.85. The highest BCUT2D eigenvalue weighted by molar-refractivity contribution is 14.1. The maximum Gasteiger partial charge on any atom is 0.141 e. The molecule has 0 unspecified atom stereocenters. The van der Waals surface area contributed by atoms with E-state index in [4.69, 9.17) is 5.73 Å². The Bertz CT molecular complexity index is 599. The van der Waals surface area contributed by atoms with Crippen molar-refractivity contribution < 1.29 is 4.39 Å². The molecule has 0 fully saturated rings. The first kappa shape index (κ1) is 14.3. The van der Waals surface area contributed by atoms with Gasteiger partial charge in [0, 0.05) is 0 Å². The number of nitrogens with zero attached hydrogens (tertiary/aromatic N) is 2. The van der Waals surface area contributed by atoms with Crippen LogP contribution in [0.15, 0.2) is 24.3 Å². The lowest BCUT2D eigenvalue weighted by molar-refractivity contribution is 0.404. The van der Waals surface area contributed by atoms with Crippen LogP contribution < -0.4 is 5.73 Å². The molecule has 2 N–H and O–H groups in total. The van der Waals surface area contributed by atoms with Crippen molar-refractivity contribution >= 4 is 28.4 Å². The van der Waals surface area contributed by atoms with Crippen LogP contribution in [0.2, 0.25) is 0 Å². The summed E-state index contributed by atoms with van der Waals surface area (Å²) in [6.45, 7) is 6.46. The van der Waals surface area contributed by atoms with E-state index in [0.29, 0.717) is 11.5 Å². The quantitative estimate of drug-likeness (QED) is 0.815. The van der Waals surface area contributed by atoms with Crippen LogP contribution in [-0.2, 0) is 6.42 Å². The molecule has 102 valence electrons. The van der Waals surface area contributed by atoms with E-state index in [1.807, 2.05) is 0 Å². The number of halogens is 2. The summed E-state index contributed by atoms with van der Waals surface area (Å²) in [6.07, 6.45) is 0.831. The zero-order valence-electron chi connectivity index (χ0n) is 11.2. The van der Waals surface area contributed by atoms with Gasteiger partial charge in [-0.25, -0.2) is 9.07 Å². The first-order valence-electron chi connectivity index (χ1n) is 6.07. The summed E-state index contributed by atoms with van der Waals surface area (Å²) >= 11 is 2.20. The van der Waals surface area contributed by atoms with Gasteiger partial charge in [-0.05, 0) is 52.6 Å². The molecule has 1 aromatic carbocycles. The Kier molecular flexibility index (Phi) is 3.85. The molecule has 0 radical (unpaired) electrons. The Morgan fingerprint density at radius 3 is 2.63 bits per heavy atom. The molecule has 2 aromatic rings. The minimum absolute atomic E-state index is 0.132. The van der Waals surface area contributed by atoms with Crippen LogP contribution >= 0.6 is 22.6 Å². The smallest absolute Gasteiger partial charge is 0.141 e. The van der Waals surface area contributed by atoms with E-state index in [2.05, 4.69) is 48.5 Å². The van der Waals surface area contributed by atoms with E-state index in [0.717, 1.165) is 15.7 Å². The van der Waals surface area contributed by atoms with Crippen LogP contribution in [0.4, 0.5) is 10.2 Å². The number of nitrogens with two attached hydrogens (primary N) is 1. The first-order valence-corrected chi connectivity index (χ1v) is 7.14. The molecule has 0 amide bonds. The van der Waals surface area contributed by atoms with Crippen molar-refractivity contribution in [1.82, 2.24) is 9.78 Å². The fourth-order valence-electron chi connectivity index (χ4n) is 1.88. The van der Waals surface area contributed by atoms with Gasteiger partial charge in [0.05, 0.1) is 15.0 Å². The molecular weight excluding hydrogens is 356 g/mol. The average Bonchev–Trinajstić information content (AvgIpc) is 2.55. The van der Waals surface area contributed by atoms with Crippen LogP contribution in [0.3, 0.4) is 0 Å². The van der Waals surface area contributed by atoms with Gasteiger partial charge in [0.1, 0.15) is 11.6 Å². The van der Waals surface area contributed by atoms with E-state index in [1.165, 1.54) is 12.1 Å². The molecule has 19 heavy (non-hydrogen) atoms. The third kappa shape index (κ3) is 3.26. The number of nitrogen functional groups attached to an aromatic ring is 1. The normalized spacial score (nSPS) is 11.8. The molecule has 2 rings (SSSR count). The molecule has 1 aromatic heterocycles. The third-order valence-corrected chi connectivity index (χ3v) is 3.85. The fourth-order valence-corrected chi connectivity index (χ4v) is 2.41. The molecule has 0 aliphatic carbocycles.